The van der Waals surface area contributed by atoms with Crippen molar-refractivity contribution in [2.24, 2.45) is 5.92 Å². The fraction of sp³-hybridized carbons (Fsp3) is 0.294. The molecular formula is C17H18N6S. The Kier molecular flexibility index (Phi) is 3.86. The van der Waals surface area contributed by atoms with Gasteiger partial charge in [-0.1, -0.05) is 55.5 Å². The SMILES string of the molecule is CC(C)Cc1cc(-c2nn3c(Cc4ccccc4)nnc3s2)n[nH]1. The third kappa shape index (κ3) is 2.94. The molecule has 0 saturated heterocycles. The van der Waals surface area contributed by atoms with Crippen molar-refractivity contribution in [2.45, 2.75) is 26.7 Å². The van der Waals surface area contributed by atoms with Crippen LogP contribution >= 0.6 is 11.3 Å². The van der Waals surface area contributed by atoms with Crippen molar-refractivity contribution in [1.29, 1.82) is 0 Å². The van der Waals surface area contributed by atoms with Gasteiger partial charge in [-0.2, -0.15) is 14.7 Å². The van der Waals surface area contributed by atoms with Crippen LogP contribution in [-0.2, 0) is 12.8 Å². The first kappa shape index (κ1) is 15.0. The maximum atomic E-state index is 4.66. The molecule has 0 saturated carbocycles. The van der Waals surface area contributed by atoms with Crippen LogP contribution in [-0.4, -0.2) is 30.0 Å². The van der Waals surface area contributed by atoms with Crippen molar-refractivity contribution in [1.82, 2.24) is 30.0 Å². The molecule has 0 aliphatic rings. The lowest BCUT2D eigenvalue weighted by Gasteiger charge is -1.98. The maximum absolute atomic E-state index is 4.66. The predicted molar refractivity (Wildman–Crippen MR) is 94.0 cm³/mol. The minimum absolute atomic E-state index is 0.591. The number of aromatic nitrogens is 6. The third-order valence-electron chi connectivity index (χ3n) is 3.74. The van der Waals surface area contributed by atoms with Crippen molar-refractivity contribution in [2.75, 3.05) is 0 Å². The molecule has 3 aromatic heterocycles. The summed E-state index contributed by atoms with van der Waals surface area (Å²) in [6.45, 7) is 4.39. The monoisotopic (exact) mass is 338 g/mol. The molecule has 6 nitrogen and oxygen atoms in total. The van der Waals surface area contributed by atoms with Gasteiger partial charge in [0.1, 0.15) is 5.69 Å². The summed E-state index contributed by atoms with van der Waals surface area (Å²) in [5.74, 6) is 1.44. The van der Waals surface area contributed by atoms with Gasteiger partial charge in [-0.05, 0) is 24.0 Å². The first-order chi connectivity index (χ1) is 11.7. The highest BCUT2D eigenvalue weighted by molar-refractivity contribution is 7.19. The Balaban J connectivity index is 1.63. The van der Waals surface area contributed by atoms with E-state index < -0.39 is 0 Å². The molecule has 0 unspecified atom stereocenters. The van der Waals surface area contributed by atoms with Crippen LogP contribution < -0.4 is 0 Å². The van der Waals surface area contributed by atoms with E-state index in [-0.39, 0.29) is 0 Å². The number of aromatic amines is 1. The Labute approximate surface area is 143 Å². The van der Waals surface area contributed by atoms with E-state index in [0.717, 1.165) is 33.6 Å². The second-order valence-corrected chi connectivity index (χ2v) is 7.21. The summed E-state index contributed by atoms with van der Waals surface area (Å²) in [5.41, 5.74) is 3.20. The van der Waals surface area contributed by atoms with Gasteiger partial charge in [0.15, 0.2) is 10.8 Å². The van der Waals surface area contributed by atoms with E-state index in [9.17, 15) is 0 Å². The maximum Gasteiger partial charge on any atom is 0.235 e. The number of H-pyrrole nitrogens is 1. The topological polar surface area (TPSA) is 71.8 Å². The molecule has 1 aromatic carbocycles. The average Bonchev–Trinajstić information content (AvgIpc) is 3.25. The van der Waals surface area contributed by atoms with Crippen molar-refractivity contribution >= 4 is 16.3 Å². The van der Waals surface area contributed by atoms with E-state index in [1.807, 2.05) is 22.7 Å². The minimum Gasteiger partial charge on any atom is -0.282 e. The highest BCUT2D eigenvalue weighted by atomic mass is 32.1. The molecule has 0 aliphatic heterocycles. The molecule has 0 fully saturated rings. The largest absolute Gasteiger partial charge is 0.282 e. The van der Waals surface area contributed by atoms with E-state index in [4.69, 9.17) is 0 Å². The molecule has 122 valence electrons. The summed E-state index contributed by atoms with van der Waals surface area (Å²) in [6.07, 6.45) is 1.70. The summed E-state index contributed by atoms with van der Waals surface area (Å²) in [7, 11) is 0. The average molecular weight is 338 g/mol. The molecule has 4 rings (SSSR count). The lowest BCUT2D eigenvalue weighted by Crippen LogP contribution is -1.97. The summed E-state index contributed by atoms with van der Waals surface area (Å²) in [4.78, 5) is 0.796. The molecule has 1 N–H and O–H groups in total. The van der Waals surface area contributed by atoms with Gasteiger partial charge in [0.05, 0.1) is 0 Å². The Morgan fingerprint density at radius 3 is 2.79 bits per heavy atom. The predicted octanol–water partition coefficient (Wildman–Crippen LogP) is 3.37. The second-order valence-electron chi connectivity index (χ2n) is 6.26. The number of nitrogens with zero attached hydrogens (tertiary/aromatic N) is 5. The van der Waals surface area contributed by atoms with E-state index in [2.05, 4.69) is 57.5 Å². The van der Waals surface area contributed by atoms with E-state index >= 15 is 0 Å². The number of benzene rings is 1. The molecule has 0 spiro atoms. The van der Waals surface area contributed by atoms with Gasteiger partial charge in [-0.3, -0.25) is 5.10 Å². The Morgan fingerprint density at radius 1 is 1.17 bits per heavy atom. The molecule has 0 atom stereocenters. The molecular weight excluding hydrogens is 320 g/mol. The van der Waals surface area contributed by atoms with Crippen molar-refractivity contribution < 1.29 is 0 Å². The zero-order valence-electron chi connectivity index (χ0n) is 13.6. The fourth-order valence-corrected chi connectivity index (χ4v) is 3.48. The van der Waals surface area contributed by atoms with Crippen LogP contribution in [0.2, 0.25) is 0 Å². The van der Waals surface area contributed by atoms with Gasteiger partial charge in [-0.25, -0.2) is 0 Å². The van der Waals surface area contributed by atoms with Crippen molar-refractivity contribution in [3.05, 3.63) is 53.5 Å². The van der Waals surface area contributed by atoms with Crippen LogP contribution in [0.1, 0.15) is 30.9 Å². The zero-order chi connectivity index (χ0) is 16.5. The van der Waals surface area contributed by atoms with Gasteiger partial charge in [0.2, 0.25) is 4.96 Å². The molecule has 0 bridgehead atoms. The molecule has 7 heteroatoms. The molecule has 0 radical (unpaired) electrons. The summed E-state index contributed by atoms with van der Waals surface area (Å²) in [5, 5.41) is 21.5. The smallest absolute Gasteiger partial charge is 0.235 e. The Bertz CT molecular complexity index is 950. The summed E-state index contributed by atoms with van der Waals surface area (Å²) < 4.78 is 1.82. The number of fused-ring (bicyclic) bond motifs is 1. The quantitative estimate of drug-likeness (QED) is 0.605. The molecule has 4 aromatic rings. The van der Waals surface area contributed by atoms with Crippen molar-refractivity contribution in [3.63, 3.8) is 0 Å². The van der Waals surface area contributed by atoms with Crippen LogP contribution in [0.15, 0.2) is 36.4 Å². The third-order valence-corrected chi connectivity index (χ3v) is 4.66. The zero-order valence-corrected chi connectivity index (χ0v) is 14.4. The fourth-order valence-electron chi connectivity index (χ4n) is 2.67. The van der Waals surface area contributed by atoms with Crippen LogP contribution in [0.4, 0.5) is 0 Å². The van der Waals surface area contributed by atoms with Crippen LogP contribution in [0, 0.1) is 5.92 Å². The molecule has 3 heterocycles. The first-order valence-corrected chi connectivity index (χ1v) is 8.80. The lowest BCUT2D eigenvalue weighted by molar-refractivity contribution is 0.633. The molecule has 0 aliphatic carbocycles. The van der Waals surface area contributed by atoms with Gasteiger partial charge in [-0.15, -0.1) is 10.2 Å². The highest BCUT2D eigenvalue weighted by Crippen LogP contribution is 2.25. The summed E-state index contributed by atoms with van der Waals surface area (Å²) in [6, 6.07) is 12.3. The Morgan fingerprint density at radius 2 is 2.00 bits per heavy atom. The molecule has 24 heavy (non-hydrogen) atoms. The van der Waals surface area contributed by atoms with Crippen LogP contribution in [0.25, 0.3) is 15.7 Å². The van der Waals surface area contributed by atoms with Gasteiger partial charge in [0.25, 0.3) is 0 Å². The lowest BCUT2D eigenvalue weighted by atomic mass is 10.1. The minimum atomic E-state index is 0.591. The normalized spacial score (nSPS) is 11.6. The van der Waals surface area contributed by atoms with Gasteiger partial charge in [0, 0.05) is 12.1 Å². The number of hydrogen-bond acceptors (Lipinski definition) is 5. The summed E-state index contributed by atoms with van der Waals surface area (Å²) >= 11 is 1.51. The molecule has 0 amide bonds. The first-order valence-electron chi connectivity index (χ1n) is 7.99. The number of rotatable bonds is 5. The number of nitrogens with one attached hydrogen (secondary N) is 1. The van der Waals surface area contributed by atoms with Crippen LogP contribution in [0.5, 0.6) is 0 Å². The van der Waals surface area contributed by atoms with E-state index in [1.54, 1.807) is 0 Å². The van der Waals surface area contributed by atoms with E-state index in [1.165, 1.54) is 16.9 Å². The van der Waals surface area contributed by atoms with Crippen molar-refractivity contribution in [3.8, 4) is 10.7 Å². The van der Waals surface area contributed by atoms with Crippen LogP contribution in [0.3, 0.4) is 0 Å². The highest BCUT2D eigenvalue weighted by Gasteiger charge is 2.15. The Hall–Kier alpha value is -2.54. The standard InChI is InChI=1S/C17H18N6S/c1-11(2)8-13-10-14(19-18-13)16-22-23-15(20-21-17(23)24-16)9-12-6-4-3-5-7-12/h3-7,10-11H,8-9H2,1-2H3,(H,18,19). The van der Waals surface area contributed by atoms with E-state index in [0.29, 0.717) is 12.3 Å². The second kappa shape index (κ2) is 6.16. The van der Waals surface area contributed by atoms with Gasteiger partial charge < -0.3 is 0 Å². The number of hydrogen-bond donors (Lipinski definition) is 1. The van der Waals surface area contributed by atoms with Gasteiger partial charge >= 0.3 is 0 Å².